The second-order valence-electron chi connectivity index (χ2n) is 3.16. The van der Waals surface area contributed by atoms with E-state index < -0.39 is 18.6 Å². The monoisotopic (exact) mass is 167 g/mol. The van der Waals surface area contributed by atoms with Crippen LogP contribution < -0.4 is 5.73 Å². The molecule has 0 unspecified atom stereocenters. The van der Waals surface area contributed by atoms with Crippen molar-refractivity contribution in [1.82, 2.24) is 0 Å². The minimum absolute atomic E-state index is 0.127. The molecule has 0 aromatic heterocycles. The lowest BCUT2D eigenvalue weighted by molar-refractivity contribution is -0.0739. The van der Waals surface area contributed by atoms with Crippen molar-refractivity contribution in [3.05, 3.63) is 0 Å². The van der Waals surface area contributed by atoms with Crippen LogP contribution in [-0.4, -0.2) is 23.7 Å². The molecule has 3 N–H and O–H groups in total. The van der Waals surface area contributed by atoms with Gasteiger partial charge < -0.3 is 10.8 Å². The lowest BCUT2D eigenvalue weighted by atomic mass is 10.00. The number of aliphatic hydroxyl groups excluding tert-OH is 1. The normalized spacial score (nSPS) is 15.5. The molecule has 0 aliphatic heterocycles. The van der Waals surface area contributed by atoms with E-state index in [-0.39, 0.29) is 12.3 Å². The Kier molecular flexibility index (Phi) is 3.89. The summed E-state index contributed by atoms with van der Waals surface area (Å²) in [6.45, 7) is 2.46. The molecule has 0 spiro atoms. The van der Waals surface area contributed by atoms with Crippen LogP contribution >= 0.6 is 0 Å². The van der Waals surface area contributed by atoms with Gasteiger partial charge in [-0.25, -0.2) is 8.78 Å². The fourth-order valence-electron chi connectivity index (χ4n) is 0.798. The van der Waals surface area contributed by atoms with Crippen LogP contribution in [0.15, 0.2) is 0 Å². The van der Waals surface area contributed by atoms with Gasteiger partial charge in [-0.1, -0.05) is 13.8 Å². The van der Waals surface area contributed by atoms with Gasteiger partial charge in [-0.3, -0.25) is 0 Å². The Balaban J connectivity index is 3.90. The van der Waals surface area contributed by atoms with E-state index in [9.17, 15) is 8.78 Å². The summed E-state index contributed by atoms with van der Waals surface area (Å²) in [7, 11) is 0. The second kappa shape index (κ2) is 3.97. The number of halogens is 2. The van der Waals surface area contributed by atoms with Crippen molar-refractivity contribution < 1.29 is 13.9 Å². The van der Waals surface area contributed by atoms with Gasteiger partial charge in [0.25, 0.3) is 5.92 Å². The van der Waals surface area contributed by atoms with Crippen LogP contribution in [0.1, 0.15) is 20.3 Å². The molecular weight excluding hydrogens is 152 g/mol. The number of alkyl halides is 2. The Morgan fingerprint density at radius 1 is 1.45 bits per heavy atom. The van der Waals surface area contributed by atoms with Crippen molar-refractivity contribution in [2.45, 2.75) is 32.2 Å². The van der Waals surface area contributed by atoms with Crippen LogP contribution in [-0.2, 0) is 0 Å². The van der Waals surface area contributed by atoms with Gasteiger partial charge in [0.2, 0.25) is 0 Å². The van der Waals surface area contributed by atoms with Crippen LogP contribution in [0.2, 0.25) is 0 Å². The lowest BCUT2D eigenvalue weighted by Gasteiger charge is -2.22. The first-order valence-corrected chi connectivity index (χ1v) is 3.64. The number of rotatable bonds is 4. The quantitative estimate of drug-likeness (QED) is 0.655. The zero-order chi connectivity index (χ0) is 9.07. The molecule has 0 aromatic rings. The first-order chi connectivity index (χ1) is 4.90. The maximum Gasteiger partial charge on any atom is 0.285 e. The Morgan fingerprint density at radius 2 is 1.91 bits per heavy atom. The summed E-state index contributed by atoms with van der Waals surface area (Å²) < 4.78 is 25.1. The molecule has 0 radical (unpaired) electrons. The molecule has 0 saturated heterocycles. The Morgan fingerprint density at radius 3 is 2.18 bits per heavy atom. The van der Waals surface area contributed by atoms with Crippen molar-refractivity contribution in [3.63, 3.8) is 0 Å². The first kappa shape index (κ1) is 10.8. The molecule has 2 nitrogen and oxygen atoms in total. The lowest BCUT2D eigenvalue weighted by Crippen LogP contribution is -2.44. The van der Waals surface area contributed by atoms with Gasteiger partial charge in [-0.15, -0.1) is 0 Å². The summed E-state index contributed by atoms with van der Waals surface area (Å²) in [6.07, 6.45) is 0.230. The van der Waals surface area contributed by atoms with E-state index in [2.05, 4.69) is 0 Å². The van der Waals surface area contributed by atoms with Gasteiger partial charge in [0.1, 0.15) is 6.61 Å². The first-order valence-electron chi connectivity index (χ1n) is 3.64. The standard InChI is InChI=1S/C7H15F2NO/c1-5(2)3-6(10)7(8,9)4-11/h5-6,11H,3-4,10H2,1-2H3/t6-/m0/s1. The third kappa shape index (κ3) is 3.62. The largest absolute Gasteiger partial charge is 0.390 e. The Hall–Kier alpha value is -0.220. The predicted octanol–water partition coefficient (Wildman–Crippen LogP) is 0.987. The van der Waals surface area contributed by atoms with Gasteiger partial charge >= 0.3 is 0 Å². The molecule has 0 fully saturated rings. The maximum absolute atomic E-state index is 12.5. The van der Waals surface area contributed by atoms with E-state index in [0.29, 0.717) is 0 Å². The summed E-state index contributed by atoms with van der Waals surface area (Å²) in [4.78, 5) is 0. The number of hydrogen-bond donors (Lipinski definition) is 2. The van der Waals surface area contributed by atoms with E-state index in [1.807, 2.05) is 13.8 Å². The van der Waals surface area contributed by atoms with Gasteiger partial charge in [-0.2, -0.15) is 0 Å². The second-order valence-corrected chi connectivity index (χ2v) is 3.16. The highest BCUT2D eigenvalue weighted by atomic mass is 19.3. The van der Waals surface area contributed by atoms with Crippen molar-refractivity contribution in [2.24, 2.45) is 11.7 Å². The highest BCUT2D eigenvalue weighted by Crippen LogP contribution is 2.20. The minimum atomic E-state index is -3.13. The molecule has 0 bridgehead atoms. The van der Waals surface area contributed by atoms with Crippen molar-refractivity contribution in [1.29, 1.82) is 0 Å². The molecule has 0 aliphatic rings. The van der Waals surface area contributed by atoms with E-state index >= 15 is 0 Å². The summed E-state index contributed by atoms with van der Waals surface area (Å²) in [5, 5.41) is 8.25. The number of aliphatic hydroxyl groups is 1. The fraction of sp³-hybridized carbons (Fsp3) is 1.00. The van der Waals surface area contributed by atoms with Crippen molar-refractivity contribution in [2.75, 3.05) is 6.61 Å². The van der Waals surface area contributed by atoms with Crippen LogP contribution in [0.25, 0.3) is 0 Å². The van der Waals surface area contributed by atoms with E-state index in [1.54, 1.807) is 0 Å². The molecule has 68 valence electrons. The van der Waals surface area contributed by atoms with E-state index in [4.69, 9.17) is 10.8 Å². The molecule has 0 heterocycles. The third-order valence-electron chi connectivity index (χ3n) is 1.48. The predicted molar refractivity (Wildman–Crippen MR) is 39.5 cm³/mol. The molecule has 1 atom stereocenters. The maximum atomic E-state index is 12.5. The topological polar surface area (TPSA) is 46.2 Å². The molecule has 0 rings (SSSR count). The average Bonchev–Trinajstić information content (AvgIpc) is 1.86. The fourth-order valence-corrected chi connectivity index (χ4v) is 0.798. The minimum Gasteiger partial charge on any atom is -0.390 e. The van der Waals surface area contributed by atoms with Gasteiger partial charge in [0, 0.05) is 0 Å². The van der Waals surface area contributed by atoms with Gasteiger partial charge in [0.05, 0.1) is 6.04 Å². The highest BCUT2D eigenvalue weighted by Gasteiger charge is 2.36. The molecule has 11 heavy (non-hydrogen) atoms. The molecule has 4 heteroatoms. The van der Waals surface area contributed by atoms with Crippen molar-refractivity contribution in [3.8, 4) is 0 Å². The van der Waals surface area contributed by atoms with E-state index in [1.165, 1.54) is 0 Å². The molecule has 0 aromatic carbocycles. The molecular formula is C7H15F2NO. The van der Waals surface area contributed by atoms with Crippen LogP contribution in [0.3, 0.4) is 0 Å². The number of hydrogen-bond acceptors (Lipinski definition) is 2. The van der Waals surface area contributed by atoms with Crippen LogP contribution in [0, 0.1) is 5.92 Å². The summed E-state index contributed by atoms with van der Waals surface area (Å²) >= 11 is 0. The SMILES string of the molecule is CC(C)C[C@H](N)C(F)(F)CO. The third-order valence-corrected chi connectivity index (χ3v) is 1.48. The van der Waals surface area contributed by atoms with Gasteiger partial charge in [0.15, 0.2) is 0 Å². The molecule has 0 aliphatic carbocycles. The summed E-state index contributed by atoms with van der Waals surface area (Å²) in [5.74, 6) is -3.01. The Bertz CT molecular complexity index is 117. The zero-order valence-electron chi connectivity index (χ0n) is 6.85. The smallest absolute Gasteiger partial charge is 0.285 e. The van der Waals surface area contributed by atoms with Crippen molar-refractivity contribution >= 4 is 0 Å². The summed E-state index contributed by atoms with van der Waals surface area (Å²) in [6, 6.07) is -1.23. The van der Waals surface area contributed by atoms with E-state index in [0.717, 1.165) is 0 Å². The highest BCUT2D eigenvalue weighted by molar-refractivity contribution is 4.80. The number of nitrogens with two attached hydrogens (primary N) is 1. The molecule has 0 amide bonds. The van der Waals surface area contributed by atoms with Crippen LogP contribution in [0.5, 0.6) is 0 Å². The molecule has 0 saturated carbocycles. The Labute approximate surface area is 65.4 Å². The summed E-state index contributed by atoms with van der Waals surface area (Å²) in [5.41, 5.74) is 5.15. The zero-order valence-corrected chi connectivity index (χ0v) is 6.85. The average molecular weight is 167 g/mol. The van der Waals surface area contributed by atoms with Gasteiger partial charge in [-0.05, 0) is 12.3 Å². The van der Waals surface area contributed by atoms with Crippen LogP contribution in [0.4, 0.5) is 8.78 Å².